The molecule has 5 heteroatoms. The maximum absolute atomic E-state index is 11.1. The summed E-state index contributed by atoms with van der Waals surface area (Å²) < 4.78 is 0. The van der Waals surface area contributed by atoms with Crippen LogP contribution >= 0.6 is 0 Å². The molecule has 1 aliphatic heterocycles. The van der Waals surface area contributed by atoms with Crippen LogP contribution in [0.5, 0.6) is 0 Å². The summed E-state index contributed by atoms with van der Waals surface area (Å²) in [5.41, 5.74) is -0.536. The van der Waals surface area contributed by atoms with Crippen LogP contribution in [0, 0.1) is 0 Å². The Balaban J connectivity index is 0.000000741. The summed E-state index contributed by atoms with van der Waals surface area (Å²) in [5.74, 6) is -0.668. The Bertz CT molecular complexity index is 247. The molecule has 1 saturated heterocycles. The van der Waals surface area contributed by atoms with E-state index in [4.69, 9.17) is 10.2 Å². The van der Waals surface area contributed by atoms with Crippen LogP contribution < -0.4 is 0 Å². The van der Waals surface area contributed by atoms with Crippen molar-refractivity contribution in [2.24, 2.45) is 0 Å². The lowest BCUT2D eigenvalue weighted by atomic mass is 10.2. The van der Waals surface area contributed by atoms with Crippen molar-refractivity contribution < 1.29 is 15.0 Å². The lowest BCUT2D eigenvalue weighted by Crippen LogP contribution is -2.54. The van der Waals surface area contributed by atoms with E-state index in [1.807, 2.05) is 27.7 Å². The Morgan fingerprint density at radius 3 is 1.84 bits per heavy atom. The van der Waals surface area contributed by atoms with Crippen molar-refractivity contribution in [2.45, 2.75) is 46.1 Å². The number of piperazine rings is 1. The number of carboxylic acid groups (broad SMARTS) is 1. The molecule has 0 bridgehead atoms. The van der Waals surface area contributed by atoms with Gasteiger partial charge >= 0.3 is 5.97 Å². The van der Waals surface area contributed by atoms with E-state index in [9.17, 15) is 4.79 Å². The van der Waals surface area contributed by atoms with Gasteiger partial charge in [-0.1, -0.05) is 27.7 Å². The second-order valence-electron chi connectivity index (χ2n) is 4.39. The summed E-state index contributed by atoms with van der Waals surface area (Å²) in [6, 6.07) is 0. The number of nitrogens with zero attached hydrogens (tertiary/aromatic N) is 2. The third kappa shape index (κ3) is 4.75. The Kier molecular flexibility index (Phi) is 8.97. The molecule has 0 aromatic rings. The first-order valence-corrected chi connectivity index (χ1v) is 7.51. The number of hydrogen-bond donors (Lipinski definition) is 2. The summed E-state index contributed by atoms with van der Waals surface area (Å²) in [6.45, 7) is 12.3. The normalized spacial score (nSPS) is 21.5. The number of aliphatic carboxylic acids is 1. The summed E-state index contributed by atoms with van der Waals surface area (Å²) in [5, 5.41) is 17.9. The van der Waals surface area contributed by atoms with Crippen LogP contribution in [0.3, 0.4) is 0 Å². The maximum atomic E-state index is 11.1. The van der Waals surface area contributed by atoms with E-state index in [1.54, 1.807) is 0 Å². The van der Waals surface area contributed by atoms with Gasteiger partial charge in [0.1, 0.15) is 5.54 Å². The van der Waals surface area contributed by atoms with Crippen molar-refractivity contribution in [2.75, 3.05) is 39.3 Å². The van der Waals surface area contributed by atoms with E-state index >= 15 is 0 Å². The zero-order valence-corrected chi connectivity index (χ0v) is 12.9. The van der Waals surface area contributed by atoms with Crippen LogP contribution in [0.1, 0.15) is 40.5 Å². The van der Waals surface area contributed by atoms with Gasteiger partial charge in [0.2, 0.25) is 0 Å². The van der Waals surface area contributed by atoms with Crippen molar-refractivity contribution in [1.82, 2.24) is 9.80 Å². The van der Waals surface area contributed by atoms with Gasteiger partial charge in [-0.2, -0.15) is 0 Å². The third-order valence-electron chi connectivity index (χ3n) is 3.52. The minimum absolute atomic E-state index is 0.185. The zero-order chi connectivity index (χ0) is 14.9. The summed E-state index contributed by atoms with van der Waals surface area (Å²) in [7, 11) is 0. The van der Waals surface area contributed by atoms with Crippen LogP contribution in [-0.2, 0) is 4.79 Å². The van der Waals surface area contributed by atoms with E-state index in [0.717, 1.165) is 39.0 Å². The first kappa shape index (κ1) is 18.4. The average molecular weight is 274 g/mol. The fourth-order valence-corrected chi connectivity index (χ4v) is 2.32. The van der Waals surface area contributed by atoms with E-state index in [-0.39, 0.29) is 6.61 Å². The first-order valence-electron chi connectivity index (χ1n) is 7.51. The molecule has 0 radical (unpaired) electrons. The average Bonchev–Trinajstić information content (AvgIpc) is 3.26. The molecular formula is C14H30N2O3. The number of β-amino-alcohol motifs (C(OH)–C–C–N with tert-alkyl or cyclic N) is 1. The molecule has 114 valence electrons. The molecule has 0 unspecified atom stereocenters. The van der Waals surface area contributed by atoms with Gasteiger partial charge in [0.25, 0.3) is 0 Å². The fraction of sp³-hybridized carbons (Fsp3) is 0.929. The van der Waals surface area contributed by atoms with Crippen molar-refractivity contribution in [3.63, 3.8) is 0 Å². The quantitative estimate of drug-likeness (QED) is 0.808. The molecule has 19 heavy (non-hydrogen) atoms. The van der Waals surface area contributed by atoms with E-state index in [2.05, 4.69) is 9.80 Å². The van der Waals surface area contributed by atoms with Crippen LogP contribution in [0.15, 0.2) is 0 Å². The van der Waals surface area contributed by atoms with Crippen molar-refractivity contribution in [3.8, 4) is 0 Å². The second kappa shape index (κ2) is 9.28. The Labute approximate surface area is 117 Å². The highest BCUT2D eigenvalue weighted by Gasteiger charge is 2.55. The number of aliphatic hydroxyl groups is 1. The molecule has 2 aliphatic rings. The number of carboxylic acids is 1. The van der Waals surface area contributed by atoms with Gasteiger partial charge in [0.15, 0.2) is 0 Å². The highest BCUT2D eigenvalue weighted by atomic mass is 16.4. The predicted molar refractivity (Wildman–Crippen MR) is 77.4 cm³/mol. The molecule has 0 aromatic heterocycles. The van der Waals surface area contributed by atoms with Crippen molar-refractivity contribution in [3.05, 3.63) is 0 Å². The van der Waals surface area contributed by atoms with E-state index < -0.39 is 11.5 Å². The van der Waals surface area contributed by atoms with Crippen LogP contribution in [0.25, 0.3) is 0 Å². The van der Waals surface area contributed by atoms with Gasteiger partial charge in [-0.15, -0.1) is 0 Å². The monoisotopic (exact) mass is 274 g/mol. The summed E-state index contributed by atoms with van der Waals surface area (Å²) in [4.78, 5) is 15.4. The molecule has 0 atom stereocenters. The molecule has 1 saturated carbocycles. The van der Waals surface area contributed by atoms with Gasteiger partial charge < -0.3 is 10.2 Å². The molecule has 0 amide bonds. The molecule has 2 rings (SSSR count). The van der Waals surface area contributed by atoms with Crippen LogP contribution in [-0.4, -0.2) is 70.9 Å². The molecular weight excluding hydrogens is 244 g/mol. The summed E-state index contributed by atoms with van der Waals surface area (Å²) >= 11 is 0. The highest BCUT2D eigenvalue weighted by Crippen LogP contribution is 2.42. The van der Waals surface area contributed by atoms with Crippen LogP contribution in [0.4, 0.5) is 0 Å². The second-order valence-corrected chi connectivity index (χ2v) is 4.39. The SMILES string of the molecule is CC.CC.O=C(O)C1(N2CCN(CCO)CC2)CC1. The highest BCUT2D eigenvalue weighted by molar-refractivity contribution is 5.82. The van der Waals surface area contributed by atoms with Gasteiger partial charge in [-0.05, 0) is 12.8 Å². The summed E-state index contributed by atoms with van der Waals surface area (Å²) in [6.07, 6.45) is 1.59. The Hall–Kier alpha value is -0.650. The smallest absolute Gasteiger partial charge is 0.324 e. The van der Waals surface area contributed by atoms with Crippen LogP contribution in [0.2, 0.25) is 0 Å². The lowest BCUT2D eigenvalue weighted by Gasteiger charge is -2.37. The van der Waals surface area contributed by atoms with E-state index in [0.29, 0.717) is 6.54 Å². The molecule has 0 aromatic carbocycles. The topological polar surface area (TPSA) is 64.0 Å². The standard InChI is InChI=1S/C10H18N2O3.2C2H6/c13-8-7-11-3-5-12(6-4-11)10(1-2-10)9(14)15;2*1-2/h13H,1-8H2,(H,14,15);2*1-2H3. The molecule has 0 spiro atoms. The van der Waals surface area contributed by atoms with Gasteiger partial charge in [0.05, 0.1) is 6.61 Å². The maximum Gasteiger partial charge on any atom is 0.324 e. The minimum atomic E-state index is -0.668. The number of carbonyl (C=O) groups is 1. The third-order valence-corrected chi connectivity index (χ3v) is 3.52. The molecule has 1 aliphatic carbocycles. The number of aliphatic hydroxyl groups excluding tert-OH is 1. The Morgan fingerprint density at radius 1 is 1.05 bits per heavy atom. The molecule has 2 fully saturated rings. The molecule has 2 N–H and O–H groups in total. The first-order chi connectivity index (χ1) is 9.19. The minimum Gasteiger partial charge on any atom is -0.480 e. The lowest BCUT2D eigenvalue weighted by molar-refractivity contribution is -0.146. The fourth-order valence-electron chi connectivity index (χ4n) is 2.32. The molecule has 5 nitrogen and oxygen atoms in total. The van der Waals surface area contributed by atoms with Crippen molar-refractivity contribution >= 4 is 5.97 Å². The van der Waals surface area contributed by atoms with Gasteiger partial charge in [-0.25, -0.2) is 0 Å². The largest absolute Gasteiger partial charge is 0.480 e. The molecule has 1 heterocycles. The van der Waals surface area contributed by atoms with Crippen molar-refractivity contribution in [1.29, 1.82) is 0 Å². The number of rotatable bonds is 4. The number of hydrogen-bond acceptors (Lipinski definition) is 4. The zero-order valence-electron chi connectivity index (χ0n) is 12.9. The predicted octanol–water partition coefficient (Wildman–Crippen LogP) is 1.27. The van der Waals surface area contributed by atoms with Gasteiger partial charge in [0, 0.05) is 32.7 Å². The van der Waals surface area contributed by atoms with E-state index in [1.165, 1.54) is 0 Å². The Morgan fingerprint density at radius 2 is 1.53 bits per heavy atom. The van der Waals surface area contributed by atoms with Gasteiger partial charge in [-0.3, -0.25) is 14.6 Å².